The van der Waals surface area contributed by atoms with Crippen molar-refractivity contribution < 1.29 is 22.3 Å². The van der Waals surface area contributed by atoms with Crippen molar-refractivity contribution in [3.63, 3.8) is 0 Å². The van der Waals surface area contributed by atoms with Crippen LogP contribution < -0.4 is 4.90 Å². The number of benzene rings is 1. The van der Waals surface area contributed by atoms with Gasteiger partial charge in [-0.15, -0.1) is 10.2 Å². The minimum absolute atomic E-state index is 0.00760. The lowest BCUT2D eigenvalue weighted by molar-refractivity contribution is 0.122. The summed E-state index contributed by atoms with van der Waals surface area (Å²) < 4.78 is 58.3. The number of hydrogen-bond donors (Lipinski definition) is 0. The maximum absolute atomic E-state index is 13.7. The Morgan fingerprint density at radius 1 is 1.00 bits per heavy atom. The van der Waals surface area contributed by atoms with Crippen LogP contribution in [0.5, 0.6) is 0 Å². The quantitative estimate of drug-likeness (QED) is 0.484. The zero-order chi connectivity index (χ0) is 15.0. The average Bonchev–Trinajstić information content (AvgIpc) is 2.99. The maximum Gasteiger partial charge on any atom is 0.208 e. The molecule has 0 bridgehead atoms. The van der Waals surface area contributed by atoms with Gasteiger partial charge in [0.05, 0.1) is 18.8 Å². The molecule has 1 saturated heterocycles. The molecule has 0 spiro atoms. The van der Waals surface area contributed by atoms with E-state index in [1.807, 2.05) is 4.90 Å². The van der Waals surface area contributed by atoms with Gasteiger partial charge in [0, 0.05) is 13.1 Å². The fraction of sp³-hybridized carbons (Fsp3) is 0.333. The molecule has 0 atom stereocenters. The SMILES string of the molecule is Fc1cc(-c2nnc(N3CCOCC3)s2)c(F)c(F)c1F. The van der Waals surface area contributed by atoms with Gasteiger partial charge in [-0.05, 0) is 6.07 Å². The van der Waals surface area contributed by atoms with Crippen LogP contribution in [-0.4, -0.2) is 36.5 Å². The summed E-state index contributed by atoms with van der Waals surface area (Å²) in [4.78, 5) is 1.87. The molecule has 1 aliphatic rings. The van der Waals surface area contributed by atoms with Gasteiger partial charge < -0.3 is 9.64 Å². The van der Waals surface area contributed by atoms with E-state index >= 15 is 0 Å². The third-order valence-corrected chi connectivity index (χ3v) is 4.05. The van der Waals surface area contributed by atoms with Crippen molar-refractivity contribution in [1.82, 2.24) is 10.2 Å². The normalized spacial score (nSPS) is 15.5. The summed E-state index contributed by atoms with van der Waals surface area (Å²) in [5, 5.41) is 8.09. The fourth-order valence-corrected chi connectivity index (χ4v) is 2.84. The van der Waals surface area contributed by atoms with Gasteiger partial charge in [-0.25, -0.2) is 17.6 Å². The van der Waals surface area contributed by atoms with Gasteiger partial charge in [0.15, 0.2) is 28.3 Å². The van der Waals surface area contributed by atoms with Gasteiger partial charge in [-0.3, -0.25) is 0 Å². The van der Waals surface area contributed by atoms with E-state index in [0.29, 0.717) is 37.5 Å². The van der Waals surface area contributed by atoms with Crippen LogP contribution in [0.25, 0.3) is 10.6 Å². The largest absolute Gasteiger partial charge is 0.378 e. The van der Waals surface area contributed by atoms with Crippen LogP contribution in [-0.2, 0) is 4.74 Å². The monoisotopic (exact) mass is 319 g/mol. The highest BCUT2D eigenvalue weighted by molar-refractivity contribution is 7.18. The molecular formula is C12H9F4N3OS. The smallest absolute Gasteiger partial charge is 0.208 e. The lowest BCUT2D eigenvalue weighted by atomic mass is 10.2. The Morgan fingerprint density at radius 3 is 2.43 bits per heavy atom. The first kappa shape index (κ1) is 14.2. The number of halogens is 4. The molecule has 1 fully saturated rings. The van der Waals surface area contributed by atoms with Crippen molar-refractivity contribution in [1.29, 1.82) is 0 Å². The second kappa shape index (κ2) is 5.57. The van der Waals surface area contributed by atoms with Gasteiger partial charge in [0.2, 0.25) is 5.13 Å². The van der Waals surface area contributed by atoms with E-state index in [-0.39, 0.29) is 5.01 Å². The Labute approximate surface area is 121 Å². The zero-order valence-electron chi connectivity index (χ0n) is 10.6. The molecule has 0 saturated carbocycles. The zero-order valence-corrected chi connectivity index (χ0v) is 11.4. The molecule has 2 aromatic rings. The molecule has 1 aromatic heterocycles. The van der Waals surface area contributed by atoms with Crippen LogP contribution in [0, 0.1) is 23.3 Å². The minimum atomic E-state index is -1.85. The van der Waals surface area contributed by atoms with Crippen molar-refractivity contribution in [3.8, 4) is 10.6 Å². The molecule has 9 heteroatoms. The molecule has 0 unspecified atom stereocenters. The second-order valence-corrected chi connectivity index (χ2v) is 5.29. The third-order valence-electron chi connectivity index (χ3n) is 3.03. The summed E-state index contributed by atoms with van der Waals surface area (Å²) in [6, 6.07) is 0.581. The minimum Gasteiger partial charge on any atom is -0.378 e. The summed E-state index contributed by atoms with van der Waals surface area (Å²) in [6.45, 7) is 2.26. The van der Waals surface area contributed by atoms with Gasteiger partial charge >= 0.3 is 0 Å². The Kier molecular flexibility index (Phi) is 3.77. The van der Waals surface area contributed by atoms with Gasteiger partial charge in [-0.1, -0.05) is 11.3 Å². The molecule has 0 aliphatic carbocycles. The number of nitrogens with zero attached hydrogens (tertiary/aromatic N) is 3. The first-order valence-electron chi connectivity index (χ1n) is 6.07. The van der Waals surface area contributed by atoms with Crippen molar-refractivity contribution in [2.24, 2.45) is 0 Å². The lowest BCUT2D eigenvalue weighted by Gasteiger charge is -2.25. The molecule has 1 aromatic carbocycles. The molecule has 4 nitrogen and oxygen atoms in total. The van der Waals surface area contributed by atoms with Gasteiger partial charge in [0.1, 0.15) is 0 Å². The van der Waals surface area contributed by atoms with Crippen molar-refractivity contribution >= 4 is 16.5 Å². The first-order valence-corrected chi connectivity index (χ1v) is 6.89. The van der Waals surface area contributed by atoms with Crippen LogP contribution in [0.15, 0.2) is 6.07 Å². The predicted octanol–water partition coefficient (Wildman–Crippen LogP) is 2.60. The van der Waals surface area contributed by atoms with Crippen LogP contribution in [0.2, 0.25) is 0 Å². The molecule has 21 heavy (non-hydrogen) atoms. The fourth-order valence-electron chi connectivity index (χ4n) is 1.94. The Hall–Kier alpha value is -1.74. The van der Waals surface area contributed by atoms with Crippen LogP contribution >= 0.6 is 11.3 Å². The van der Waals surface area contributed by atoms with E-state index in [2.05, 4.69) is 10.2 Å². The summed E-state index contributed by atoms with van der Waals surface area (Å²) >= 11 is 0.982. The first-order chi connectivity index (χ1) is 10.1. The van der Waals surface area contributed by atoms with E-state index in [4.69, 9.17) is 4.74 Å². The van der Waals surface area contributed by atoms with Gasteiger partial charge in [0.25, 0.3) is 0 Å². The molecule has 1 aliphatic heterocycles. The van der Waals surface area contributed by atoms with Crippen LogP contribution in [0.4, 0.5) is 22.7 Å². The topological polar surface area (TPSA) is 38.2 Å². The number of anilines is 1. The number of aromatic nitrogens is 2. The third kappa shape index (κ3) is 2.58. The number of morpholine rings is 1. The van der Waals surface area contributed by atoms with E-state index in [1.165, 1.54) is 0 Å². The molecule has 3 rings (SSSR count). The highest BCUT2D eigenvalue weighted by Crippen LogP contribution is 2.33. The Balaban J connectivity index is 1.96. The van der Waals surface area contributed by atoms with Crippen LogP contribution in [0.3, 0.4) is 0 Å². The highest BCUT2D eigenvalue weighted by Gasteiger charge is 2.23. The van der Waals surface area contributed by atoms with E-state index in [9.17, 15) is 17.6 Å². The molecule has 0 amide bonds. The van der Waals surface area contributed by atoms with Crippen molar-refractivity contribution in [3.05, 3.63) is 29.3 Å². The summed E-state index contributed by atoms with van der Waals surface area (Å²) in [7, 11) is 0. The van der Waals surface area contributed by atoms with E-state index in [0.717, 1.165) is 11.3 Å². The molecule has 0 N–H and O–H groups in total. The van der Waals surface area contributed by atoms with Crippen molar-refractivity contribution in [2.75, 3.05) is 31.2 Å². The molecular weight excluding hydrogens is 310 g/mol. The lowest BCUT2D eigenvalue weighted by Crippen LogP contribution is -2.36. The predicted molar refractivity (Wildman–Crippen MR) is 68.2 cm³/mol. The number of rotatable bonds is 2. The Bertz CT molecular complexity index is 673. The molecule has 112 valence electrons. The van der Waals surface area contributed by atoms with E-state index in [1.54, 1.807) is 0 Å². The molecule has 2 heterocycles. The second-order valence-electron chi connectivity index (χ2n) is 4.34. The molecule has 0 radical (unpaired) electrons. The van der Waals surface area contributed by atoms with E-state index < -0.39 is 28.8 Å². The van der Waals surface area contributed by atoms with Crippen LogP contribution in [0.1, 0.15) is 0 Å². The average molecular weight is 319 g/mol. The number of hydrogen-bond acceptors (Lipinski definition) is 5. The highest BCUT2D eigenvalue weighted by atomic mass is 32.1. The van der Waals surface area contributed by atoms with Crippen molar-refractivity contribution in [2.45, 2.75) is 0 Å². The summed E-state index contributed by atoms with van der Waals surface area (Å²) in [6.07, 6.45) is 0. The van der Waals surface area contributed by atoms with Gasteiger partial charge in [-0.2, -0.15) is 0 Å². The summed E-state index contributed by atoms with van der Waals surface area (Å²) in [5.41, 5.74) is -0.441. The number of ether oxygens (including phenoxy) is 1. The summed E-state index contributed by atoms with van der Waals surface area (Å²) in [5.74, 6) is -6.63. The Morgan fingerprint density at radius 2 is 1.71 bits per heavy atom. The standard InChI is InChI=1S/C12H9F4N3OS/c13-7-5-6(8(14)10(16)9(7)15)11-17-18-12(21-11)19-1-3-20-4-2-19/h5H,1-4H2. The maximum atomic E-state index is 13.7.